The van der Waals surface area contributed by atoms with Gasteiger partial charge in [0.1, 0.15) is 36.0 Å². The minimum atomic E-state index is -1.12. The van der Waals surface area contributed by atoms with Crippen LogP contribution in [0.3, 0.4) is 0 Å². The zero-order chi connectivity index (χ0) is 32.6. The van der Waals surface area contributed by atoms with Crippen LogP contribution in [0, 0.1) is 24.1 Å². The number of hydrogen-bond acceptors (Lipinski definition) is 6. The number of alkyl halides is 1. The molecular weight excluding hydrogens is 612 g/mol. The van der Waals surface area contributed by atoms with Gasteiger partial charge in [-0.25, -0.2) is 24.1 Å². The van der Waals surface area contributed by atoms with Crippen molar-refractivity contribution in [2.45, 2.75) is 55.8 Å². The highest BCUT2D eigenvalue weighted by atomic mass is 19.1. The summed E-state index contributed by atoms with van der Waals surface area (Å²) in [5.74, 6) is -2.44. The van der Waals surface area contributed by atoms with Crippen molar-refractivity contribution in [3.8, 4) is 17.1 Å². The molecule has 5 atom stereocenters. The summed E-state index contributed by atoms with van der Waals surface area (Å²) >= 11 is 0. The lowest BCUT2D eigenvalue weighted by atomic mass is 9.93. The highest BCUT2D eigenvalue weighted by molar-refractivity contribution is 5.95. The highest BCUT2D eigenvalue weighted by Crippen LogP contribution is 2.58. The molecule has 0 spiro atoms. The topological polar surface area (TPSA) is 66.2 Å². The first kappa shape index (κ1) is 30.1. The Bertz CT molecular complexity index is 1860. The van der Waals surface area contributed by atoms with Gasteiger partial charge in [0, 0.05) is 38.0 Å². The lowest BCUT2D eigenvalue weighted by Gasteiger charge is -2.39. The van der Waals surface area contributed by atoms with Crippen molar-refractivity contribution in [2.24, 2.45) is 5.92 Å². The molecule has 0 unspecified atom stereocenters. The smallest absolute Gasteiger partial charge is 0.319 e. The van der Waals surface area contributed by atoms with Crippen molar-refractivity contribution in [3.05, 3.63) is 70.8 Å². The summed E-state index contributed by atoms with van der Waals surface area (Å²) in [6.45, 7) is 11.9. The molecule has 8 nitrogen and oxygen atoms in total. The Morgan fingerprint density at radius 3 is 2.85 bits per heavy atom. The van der Waals surface area contributed by atoms with E-state index in [-0.39, 0.29) is 61.1 Å². The average Bonchev–Trinajstić information content (AvgIpc) is 3.39. The third-order valence-electron chi connectivity index (χ3n) is 10.9. The molecule has 244 valence electrons. The minimum Gasteiger partial charge on any atom is -0.461 e. The predicted octanol–water partition coefficient (Wildman–Crippen LogP) is 5.61. The molecule has 0 bridgehead atoms. The summed E-state index contributed by atoms with van der Waals surface area (Å²) in [6, 6.07) is 6.04. The van der Waals surface area contributed by atoms with Crippen LogP contribution in [0.5, 0.6) is 6.01 Å². The molecule has 3 aromatic rings. The fourth-order valence-corrected chi connectivity index (χ4v) is 8.62. The number of hydrogen-bond donors (Lipinski definition) is 0. The van der Waals surface area contributed by atoms with E-state index in [9.17, 15) is 13.6 Å². The van der Waals surface area contributed by atoms with Crippen LogP contribution in [0.2, 0.25) is 0 Å². The second-order valence-electron chi connectivity index (χ2n) is 13.7. The third-order valence-corrected chi connectivity index (χ3v) is 10.9. The second-order valence-corrected chi connectivity index (χ2v) is 13.7. The molecule has 3 saturated heterocycles. The van der Waals surface area contributed by atoms with Crippen molar-refractivity contribution in [1.29, 1.82) is 0 Å². The number of halogens is 4. The second kappa shape index (κ2) is 11.2. The number of anilines is 1. The van der Waals surface area contributed by atoms with Crippen LogP contribution in [-0.2, 0) is 11.2 Å². The zero-order valence-electron chi connectivity index (χ0n) is 25.8. The number of nitrogens with zero attached hydrogens (tertiary/aromatic N) is 6. The van der Waals surface area contributed by atoms with Crippen LogP contribution in [-0.4, -0.2) is 89.3 Å². The van der Waals surface area contributed by atoms with Gasteiger partial charge in [0.25, 0.3) is 5.91 Å². The minimum absolute atomic E-state index is 0.0428. The summed E-state index contributed by atoms with van der Waals surface area (Å²) in [4.78, 5) is 30.2. The SMILES string of the molecule is [C-]#[N+]C[C@H]1CN(c2nc(OC[C@@]34CCCN3C[C@H](F)C4)nc3c(F)c(-c4cccc5c4C[C@@H]4C[C@H]54)c(F)cc23)CCN1C(=O)C(=C)F. The Morgan fingerprint density at radius 1 is 1.19 bits per heavy atom. The van der Waals surface area contributed by atoms with Gasteiger partial charge in [-0.1, -0.05) is 24.8 Å². The van der Waals surface area contributed by atoms with Crippen LogP contribution in [0.15, 0.2) is 36.7 Å². The standard InChI is InChI=1S/C35H34F4N6O2/c1-19(36)33(46)45-10-9-43(17-22(45)15-40-2)32-27-13-28(38)29(24-6-3-5-23-25-11-20(25)12-26(23)24)30(39)31(27)41-34(42-32)47-18-35-7-4-8-44(35)16-21(37)14-35/h3,5-6,13,20-22,25H,1,4,7-12,14-18H2/t20-,21+,22-,25-,35-/m0/s1. The molecule has 8 rings (SSSR count). The Labute approximate surface area is 269 Å². The fraction of sp³-hybridized carbons (Fsp3) is 0.486. The molecule has 47 heavy (non-hydrogen) atoms. The lowest BCUT2D eigenvalue weighted by molar-refractivity contribution is -0.131. The quantitative estimate of drug-likeness (QED) is 0.189. The molecule has 0 N–H and O–H groups in total. The van der Waals surface area contributed by atoms with E-state index in [4.69, 9.17) is 11.3 Å². The van der Waals surface area contributed by atoms with Crippen LogP contribution in [0.25, 0.3) is 26.9 Å². The zero-order valence-corrected chi connectivity index (χ0v) is 25.8. The first-order chi connectivity index (χ1) is 22.7. The maximum atomic E-state index is 16.8. The highest BCUT2D eigenvalue weighted by Gasteiger charge is 2.50. The van der Waals surface area contributed by atoms with Gasteiger partial charge in [-0.3, -0.25) is 9.69 Å². The Balaban J connectivity index is 1.22. The Morgan fingerprint density at radius 2 is 2.04 bits per heavy atom. The number of amides is 1. The molecule has 0 radical (unpaired) electrons. The molecule has 4 fully saturated rings. The average molecular weight is 647 g/mol. The van der Waals surface area contributed by atoms with Gasteiger partial charge in [0.05, 0.1) is 11.1 Å². The summed E-state index contributed by atoms with van der Waals surface area (Å²) in [7, 11) is 0. The summed E-state index contributed by atoms with van der Waals surface area (Å²) in [6.07, 6.45) is 2.91. The molecule has 2 aliphatic carbocycles. The van der Waals surface area contributed by atoms with E-state index in [0.717, 1.165) is 43.4 Å². The number of benzene rings is 2. The van der Waals surface area contributed by atoms with Crippen LogP contribution in [0.4, 0.5) is 23.4 Å². The van der Waals surface area contributed by atoms with Crippen LogP contribution in [0.1, 0.15) is 42.7 Å². The maximum Gasteiger partial charge on any atom is 0.319 e. The van der Waals surface area contributed by atoms with E-state index >= 15 is 8.78 Å². The van der Waals surface area contributed by atoms with E-state index in [0.29, 0.717) is 30.4 Å². The Kier molecular flexibility index (Phi) is 7.17. The lowest BCUT2D eigenvalue weighted by Crippen LogP contribution is -2.56. The molecule has 1 amide bonds. The number of rotatable bonds is 7. The van der Waals surface area contributed by atoms with E-state index in [1.54, 1.807) is 11.0 Å². The van der Waals surface area contributed by atoms with Gasteiger partial charge in [-0.15, -0.1) is 0 Å². The van der Waals surface area contributed by atoms with Crippen molar-refractivity contribution in [3.63, 3.8) is 0 Å². The normalized spacial score (nSPS) is 27.8. The first-order valence-electron chi connectivity index (χ1n) is 16.2. The van der Waals surface area contributed by atoms with Crippen molar-refractivity contribution >= 4 is 22.6 Å². The van der Waals surface area contributed by atoms with Gasteiger partial charge >= 0.3 is 6.01 Å². The Hall–Kier alpha value is -4.24. The molecule has 1 saturated carbocycles. The summed E-state index contributed by atoms with van der Waals surface area (Å²) in [5, 5.41) is 0.119. The molecule has 1 aromatic heterocycles. The molecule has 5 aliphatic rings. The number of fused-ring (bicyclic) bond motifs is 5. The van der Waals surface area contributed by atoms with Crippen LogP contribution < -0.4 is 9.64 Å². The molecular formula is C35H34F4N6O2. The molecule has 3 aliphatic heterocycles. The van der Waals surface area contributed by atoms with Gasteiger partial charge in [-0.05, 0) is 66.8 Å². The van der Waals surface area contributed by atoms with E-state index < -0.39 is 41.1 Å². The first-order valence-corrected chi connectivity index (χ1v) is 16.2. The van der Waals surface area contributed by atoms with Gasteiger partial charge < -0.3 is 19.4 Å². The molecule has 4 heterocycles. The van der Waals surface area contributed by atoms with E-state index in [1.165, 1.54) is 11.0 Å². The van der Waals surface area contributed by atoms with Crippen molar-refractivity contribution < 1.29 is 27.1 Å². The largest absolute Gasteiger partial charge is 0.461 e. The number of carbonyl (C=O) groups is 1. The van der Waals surface area contributed by atoms with E-state index in [2.05, 4.69) is 26.3 Å². The molecule has 2 aromatic carbocycles. The third kappa shape index (κ3) is 4.93. The molecule has 12 heteroatoms. The number of carbonyl (C=O) groups excluding carboxylic acids is 1. The number of aromatic nitrogens is 2. The number of piperazine rings is 1. The monoisotopic (exact) mass is 646 g/mol. The van der Waals surface area contributed by atoms with Gasteiger partial charge in [0.15, 0.2) is 11.6 Å². The predicted molar refractivity (Wildman–Crippen MR) is 167 cm³/mol. The van der Waals surface area contributed by atoms with E-state index in [1.807, 2.05) is 12.1 Å². The van der Waals surface area contributed by atoms with Crippen molar-refractivity contribution in [1.82, 2.24) is 19.8 Å². The fourth-order valence-electron chi connectivity index (χ4n) is 8.62. The van der Waals surface area contributed by atoms with Gasteiger partial charge in [-0.2, -0.15) is 9.97 Å². The van der Waals surface area contributed by atoms with Crippen LogP contribution >= 0.6 is 0 Å². The maximum absolute atomic E-state index is 16.8. The van der Waals surface area contributed by atoms with Gasteiger partial charge in [0.2, 0.25) is 6.54 Å². The number of ether oxygens (including phenoxy) is 1. The summed E-state index contributed by atoms with van der Waals surface area (Å²) in [5.41, 5.74) is 1.87. The summed E-state index contributed by atoms with van der Waals surface area (Å²) < 4.78 is 67.4. The van der Waals surface area contributed by atoms with Crippen molar-refractivity contribution in [2.75, 3.05) is 50.8 Å².